The fraction of sp³-hybridized carbons (Fsp3) is 0.364. The van der Waals surface area contributed by atoms with Crippen LogP contribution in [0.4, 0.5) is 22.0 Å². The van der Waals surface area contributed by atoms with Crippen molar-refractivity contribution in [1.29, 1.82) is 0 Å². The van der Waals surface area contributed by atoms with Gasteiger partial charge in [0.05, 0.1) is 0 Å². The van der Waals surface area contributed by atoms with Crippen molar-refractivity contribution in [3.05, 3.63) is 34.6 Å². The Labute approximate surface area is 110 Å². The molecule has 0 heterocycles. The fourth-order valence-electron chi connectivity index (χ4n) is 1.46. The quantitative estimate of drug-likeness (QED) is 0.362. The first-order chi connectivity index (χ1) is 8.86. The van der Waals surface area contributed by atoms with Gasteiger partial charge in [-0.25, -0.2) is 22.0 Å². The van der Waals surface area contributed by atoms with E-state index in [1.54, 1.807) is 0 Å². The lowest BCUT2D eigenvalue weighted by Crippen LogP contribution is -2.34. The van der Waals surface area contributed by atoms with Gasteiger partial charge < -0.3 is 4.90 Å². The number of halogens is 6. The Balaban J connectivity index is 3.38. The van der Waals surface area contributed by atoms with E-state index in [1.807, 2.05) is 0 Å². The van der Waals surface area contributed by atoms with Crippen molar-refractivity contribution >= 4 is 17.5 Å². The highest BCUT2D eigenvalue weighted by Crippen LogP contribution is 2.24. The minimum Gasteiger partial charge on any atom is -0.338 e. The molecule has 1 aromatic rings. The van der Waals surface area contributed by atoms with Crippen molar-refractivity contribution in [2.24, 2.45) is 0 Å². The largest absolute Gasteiger partial charge is 0.338 e. The average Bonchev–Trinajstić information content (AvgIpc) is 2.40. The second-order valence-electron chi connectivity index (χ2n) is 3.52. The van der Waals surface area contributed by atoms with Gasteiger partial charge in [0.1, 0.15) is 5.56 Å². The summed E-state index contributed by atoms with van der Waals surface area (Å²) in [5.74, 6) is -12.2. The van der Waals surface area contributed by atoms with Gasteiger partial charge in [-0.05, 0) is 6.92 Å². The van der Waals surface area contributed by atoms with E-state index >= 15 is 0 Å². The van der Waals surface area contributed by atoms with Crippen LogP contribution < -0.4 is 0 Å². The molecule has 0 bridgehead atoms. The zero-order valence-electron chi connectivity index (χ0n) is 9.74. The van der Waals surface area contributed by atoms with E-state index in [1.165, 1.54) is 6.92 Å². The number of nitrogens with zero attached hydrogens (tertiary/aromatic N) is 1. The maximum atomic E-state index is 13.4. The van der Waals surface area contributed by atoms with E-state index in [-0.39, 0.29) is 19.0 Å². The molecule has 0 unspecified atom stereocenters. The molecule has 0 spiro atoms. The van der Waals surface area contributed by atoms with Crippen molar-refractivity contribution < 1.29 is 26.7 Å². The highest BCUT2D eigenvalue weighted by molar-refractivity contribution is 6.18. The molecular weight excluding hydrogens is 293 g/mol. The van der Waals surface area contributed by atoms with E-state index in [4.69, 9.17) is 11.6 Å². The number of hydrogen-bond donors (Lipinski definition) is 0. The topological polar surface area (TPSA) is 20.3 Å². The maximum absolute atomic E-state index is 13.4. The van der Waals surface area contributed by atoms with Gasteiger partial charge in [0.25, 0.3) is 5.91 Å². The minimum absolute atomic E-state index is 0.0189. The molecule has 0 N–H and O–H groups in total. The number of hydrogen-bond acceptors (Lipinski definition) is 1. The number of rotatable bonds is 4. The molecule has 0 aliphatic carbocycles. The van der Waals surface area contributed by atoms with Crippen LogP contribution in [0.25, 0.3) is 0 Å². The smallest absolute Gasteiger partial charge is 0.260 e. The number of benzene rings is 1. The van der Waals surface area contributed by atoms with Crippen molar-refractivity contribution in [1.82, 2.24) is 4.90 Å². The first-order valence-electron chi connectivity index (χ1n) is 5.23. The van der Waals surface area contributed by atoms with Gasteiger partial charge in [-0.3, -0.25) is 4.79 Å². The van der Waals surface area contributed by atoms with Crippen molar-refractivity contribution in [2.75, 3.05) is 19.0 Å². The first kappa shape index (κ1) is 15.7. The summed E-state index contributed by atoms with van der Waals surface area (Å²) in [6, 6.07) is 0. The fourth-order valence-corrected chi connectivity index (χ4v) is 1.66. The molecule has 1 rings (SSSR count). The highest BCUT2D eigenvalue weighted by atomic mass is 35.5. The number of alkyl halides is 1. The molecule has 8 heteroatoms. The molecule has 0 saturated carbocycles. The van der Waals surface area contributed by atoms with Crippen molar-refractivity contribution in [3.63, 3.8) is 0 Å². The van der Waals surface area contributed by atoms with Crippen LogP contribution in [0, 0.1) is 29.1 Å². The second-order valence-corrected chi connectivity index (χ2v) is 3.90. The molecule has 2 nitrogen and oxygen atoms in total. The van der Waals surface area contributed by atoms with Gasteiger partial charge in [-0.2, -0.15) is 0 Å². The van der Waals surface area contributed by atoms with E-state index in [2.05, 4.69) is 0 Å². The van der Waals surface area contributed by atoms with Crippen molar-refractivity contribution in [3.8, 4) is 0 Å². The Hall–Kier alpha value is -1.37. The summed E-state index contributed by atoms with van der Waals surface area (Å²) in [5.41, 5.74) is -1.47. The van der Waals surface area contributed by atoms with E-state index in [9.17, 15) is 26.7 Å². The van der Waals surface area contributed by atoms with Gasteiger partial charge in [0.15, 0.2) is 23.3 Å². The van der Waals surface area contributed by atoms with E-state index < -0.39 is 40.6 Å². The standard InChI is InChI=1S/C11H9ClF5NO/c1-2-18(4-3-12)11(19)5-6(13)8(15)10(17)9(16)7(5)14/h2-4H2,1H3. The van der Waals surface area contributed by atoms with Crippen LogP contribution in [-0.4, -0.2) is 29.8 Å². The lowest BCUT2D eigenvalue weighted by Gasteiger charge is -2.20. The predicted octanol–water partition coefficient (Wildman–Crippen LogP) is 3.08. The molecule has 0 saturated heterocycles. The molecule has 0 atom stereocenters. The Morgan fingerprint density at radius 3 is 1.79 bits per heavy atom. The van der Waals surface area contributed by atoms with Crippen molar-refractivity contribution in [2.45, 2.75) is 6.92 Å². The molecular formula is C11H9ClF5NO. The number of amides is 1. The van der Waals surface area contributed by atoms with Gasteiger partial charge >= 0.3 is 0 Å². The van der Waals surface area contributed by atoms with Gasteiger partial charge in [0, 0.05) is 19.0 Å². The molecule has 0 radical (unpaired) electrons. The highest BCUT2D eigenvalue weighted by Gasteiger charge is 2.31. The molecule has 1 amide bonds. The number of carbonyl (C=O) groups excluding carboxylic acids is 1. The molecule has 0 aromatic heterocycles. The SMILES string of the molecule is CCN(CCCl)C(=O)c1c(F)c(F)c(F)c(F)c1F. The van der Waals surface area contributed by atoms with Crippen LogP contribution in [0.2, 0.25) is 0 Å². The van der Waals surface area contributed by atoms with E-state index in [0.717, 1.165) is 4.90 Å². The molecule has 0 aliphatic rings. The zero-order valence-corrected chi connectivity index (χ0v) is 10.5. The average molecular weight is 302 g/mol. The molecule has 0 aliphatic heterocycles. The van der Waals surface area contributed by atoms with Crippen LogP contribution in [0.1, 0.15) is 17.3 Å². The normalized spacial score (nSPS) is 10.7. The Morgan fingerprint density at radius 2 is 1.42 bits per heavy atom. The van der Waals surface area contributed by atoms with Gasteiger partial charge in [-0.15, -0.1) is 11.6 Å². The second kappa shape index (κ2) is 6.18. The Bertz CT molecular complexity index is 479. The first-order valence-corrected chi connectivity index (χ1v) is 5.76. The van der Waals surface area contributed by atoms with Crippen LogP contribution >= 0.6 is 11.6 Å². The Kier molecular flexibility index (Phi) is 5.11. The molecule has 0 fully saturated rings. The molecule has 1 aromatic carbocycles. The predicted molar refractivity (Wildman–Crippen MR) is 58.5 cm³/mol. The minimum atomic E-state index is -2.30. The summed E-state index contributed by atoms with van der Waals surface area (Å²) in [6.07, 6.45) is 0. The number of carbonyl (C=O) groups is 1. The summed E-state index contributed by atoms with van der Waals surface area (Å²) in [6.45, 7) is 1.43. The lowest BCUT2D eigenvalue weighted by atomic mass is 10.1. The summed E-state index contributed by atoms with van der Waals surface area (Å²) < 4.78 is 65.5. The van der Waals surface area contributed by atoms with Crippen LogP contribution in [0.5, 0.6) is 0 Å². The summed E-state index contributed by atoms with van der Waals surface area (Å²) >= 11 is 5.38. The zero-order chi connectivity index (χ0) is 14.7. The maximum Gasteiger partial charge on any atom is 0.260 e. The van der Waals surface area contributed by atoms with Crippen LogP contribution in [0.3, 0.4) is 0 Å². The monoisotopic (exact) mass is 301 g/mol. The van der Waals surface area contributed by atoms with E-state index in [0.29, 0.717) is 0 Å². The molecule has 19 heavy (non-hydrogen) atoms. The summed E-state index contributed by atoms with van der Waals surface area (Å²) in [7, 11) is 0. The lowest BCUT2D eigenvalue weighted by molar-refractivity contribution is 0.0760. The third-order valence-corrected chi connectivity index (χ3v) is 2.62. The van der Waals surface area contributed by atoms with Crippen LogP contribution in [-0.2, 0) is 0 Å². The van der Waals surface area contributed by atoms with Gasteiger partial charge in [0.2, 0.25) is 5.82 Å². The summed E-state index contributed by atoms with van der Waals surface area (Å²) in [5, 5.41) is 0. The summed E-state index contributed by atoms with van der Waals surface area (Å²) in [4.78, 5) is 12.6. The third kappa shape index (κ3) is 2.80. The van der Waals surface area contributed by atoms with Gasteiger partial charge in [-0.1, -0.05) is 0 Å². The Morgan fingerprint density at radius 1 is 1.00 bits per heavy atom. The molecule has 106 valence electrons. The third-order valence-electron chi connectivity index (χ3n) is 2.45. The van der Waals surface area contributed by atoms with Crippen LogP contribution in [0.15, 0.2) is 0 Å².